The average Bonchev–Trinajstić information content (AvgIpc) is 2.91. The third kappa shape index (κ3) is 6.70. The molecule has 37 heavy (non-hydrogen) atoms. The first kappa shape index (κ1) is 27.8. The van der Waals surface area contributed by atoms with Gasteiger partial charge in [0.1, 0.15) is 11.5 Å². The van der Waals surface area contributed by atoms with E-state index < -0.39 is 0 Å². The van der Waals surface area contributed by atoms with Crippen molar-refractivity contribution in [3.8, 4) is 28.7 Å². The third-order valence-corrected chi connectivity index (χ3v) is 5.97. The zero-order chi connectivity index (χ0) is 26.9. The Balaban J connectivity index is 1.89. The molecule has 3 rings (SSSR count). The van der Waals surface area contributed by atoms with E-state index in [0.29, 0.717) is 50.0 Å². The van der Waals surface area contributed by atoms with Crippen LogP contribution in [0.3, 0.4) is 0 Å². The van der Waals surface area contributed by atoms with E-state index >= 15 is 0 Å². The molecule has 0 unspecified atom stereocenters. The topological polar surface area (TPSA) is 75.3 Å². The fourth-order valence-corrected chi connectivity index (χ4v) is 4.00. The Labute approximate surface area is 226 Å². The largest absolute Gasteiger partial charge is 0.495 e. The zero-order valence-corrected chi connectivity index (χ0v) is 22.6. The van der Waals surface area contributed by atoms with Gasteiger partial charge in [-0.05, 0) is 47.5 Å². The summed E-state index contributed by atoms with van der Waals surface area (Å²) < 4.78 is 26.7. The first-order valence-corrected chi connectivity index (χ1v) is 11.8. The van der Waals surface area contributed by atoms with Crippen LogP contribution >= 0.6 is 23.2 Å². The molecule has 194 valence electrons. The van der Waals surface area contributed by atoms with Gasteiger partial charge in [-0.15, -0.1) is 0 Å². The van der Waals surface area contributed by atoms with Gasteiger partial charge in [-0.25, -0.2) is 0 Å². The number of allylic oxidation sites excluding steroid dienone is 1. The Kier molecular flexibility index (Phi) is 9.71. The maximum atomic E-state index is 12.6. The quantitative estimate of drug-likeness (QED) is 0.158. The highest BCUT2D eigenvalue weighted by Crippen LogP contribution is 2.39. The SMILES string of the molecule is COc1ccc(C(=O)C=CNc2cc(OC)c(Cl)cc2C=Cc2cc(OC)c(OC)c(OC)c2)cc1Cl. The third-order valence-electron chi connectivity index (χ3n) is 5.38. The average molecular weight is 544 g/mol. The van der Waals surface area contributed by atoms with Crippen molar-refractivity contribution >= 4 is 46.8 Å². The minimum atomic E-state index is -0.229. The van der Waals surface area contributed by atoms with Gasteiger partial charge in [-0.2, -0.15) is 0 Å². The van der Waals surface area contributed by atoms with Crippen molar-refractivity contribution in [1.82, 2.24) is 0 Å². The lowest BCUT2D eigenvalue weighted by Gasteiger charge is -2.13. The summed E-state index contributed by atoms with van der Waals surface area (Å²) in [5.41, 5.74) is 2.67. The Morgan fingerprint density at radius 2 is 1.35 bits per heavy atom. The van der Waals surface area contributed by atoms with Gasteiger partial charge in [0.25, 0.3) is 0 Å². The lowest BCUT2D eigenvalue weighted by Crippen LogP contribution is -1.98. The highest BCUT2D eigenvalue weighted by Gasteiger charge is 2.13. The van der Waals surface area contributed by atoms with E-state index in [4.69, 9.17) is 46.9 Å². The minimum Gasteiger partial charge on any atom is -0.495 e. The fourth-order valence-electron chi connectivity index (χ4n) is 3.49. The molecule has 9 heteroatoms. The molecule has 1 N–H and O–H groups in total. The number of nitrogens with one attached hydrogen (secondary N) is 1. The molecule has 0 spiro atoms. The molecule has 0 bridgehead atoms. The predicted octanol–water partition coefficient (Wildman–Crippen LogP) is 7.02. The van der Waals surface area contributed by atoms with Gasteiger partial charge in [0.2, 0.25) is 5.75 Å². The van der Waals surface area contributed by atoms with E-state index in [1.807, 2.05) is 24.3 Å². The number of hydrogen-bond acceptors (Lipinski definition) is 7. The van der Waals surface area contributed by atoms with Crippen molar-refractivity contribution in [2.45, 2.75) is 0 Å². The number of anilines is 1. The Morgan fingerprint density at radius 3 is 1.92 bits per heavy atom. The lowest BCUT2D eigenvalue weighted by molar-refractivity contribution is 0.104. The summed E-state index contributed by atoms with van der Waals surface area (Å²) in [6, 6.07) is 12.0. The molecule has 0 atom stereocenters. The van der Waals surface area contributed by atoms with Crippen molar-refractivity contribution in [2.24, 2.45) is 0 Å². The summed E-state index contributed by atoms with van der Waals surface area (Å²) in [6.07, 6.45) is 6.70. The number of halogens is 2. The van der Waals surface area contributed by atoms with Crippen molar-refractivity contribution < 1.29 is 28.5 Å². The van der Waals surface area contributed by atoms with Gasteiger partial charge in [-0.3, -0.25) is 4.79 Å². The highest BCUT2D eigenvalue weighted by molar-refractivity contribution is 6.32. The smallest absolute Gasteiger partial charge is 0.203 e. The van der Waals surface area contributed by atoms with Crippen LogP contribution < -0.4 is 29.0 Å². The maximum Gasteiger partial charge on any atom is 0.203 e. The number of hydrogen-bond donors (Lipinski definition) is 1. The van der Waals surface area contributed by atoms with Gasteiger partial charge in [0.05, 0.1) is 45.6 Å². The summed E-state index contributed by atoms with van der Waals surface area (Å²) >= 11 is 12.5. The van der Waals surface area contributed by atoms with Crippen LogP contribution in [0.25, 0.3) is 12.2 Å². The normalized spacial score (nSPS) is 11.0. The number of benzene rings is 3. The molecule has 0 radical (unpaired) electrons. The maximum absolute atomic E-state index is 12.6. The molecule has 0 aromatic heterocycles. The van der Waals surface area contributed by atoms with E-state index in [1.54, 1.807) is 57.9 Å². The summed E-state index contributed by atoms with van der Waals surface area (Å²) in [5, 5.41) is 3.93. The Bertz CT molecular complexity index is 1310. The van der Waals surface area contributed by atoms with Crippen LogP contribution in [-0.4, -0.2) is 41.3 Å². The number of rotatable bonds is 11. The molecule has 0 amide bonds. The predicted molar refractivity (Wildman–Crippen MR) is 148 cm³/mol. The molecule has 0 saturated heterocycles. The molecule has 0 fully saturated rings. The van der Waals surface area contributed by atoms with Gasteiger partial charge in [0.15, 0.2) is 17.3 Å². The van der Waals surface area contributed by atoms with Crippen LogP contribution in [0.5, 0.6) is 28.7 Å². The van der Waals surface area contributed by atoms with Crippen LogP contribution in [0.1, 0.15) is 21.5 Å². The van der Waals surface area contributed by atoms with E-state index in [0.717, 1.165) is 11.1 Å². The second-order valence-electron chi connectivity index (χ2n) is 7.56. The van der Waals surface area contributed by atoms with Crippen molar-refractivity contribution in [3.05, 3.63) is 81.5 Å². The van der Waals surface area contributed by atoms with Crippen LogP contribution in [0.15, 0.2) is 54.7 Å². The summed E-state index contributed by atoms with van der Waals surface area (Å²) in [6.45, 7) is 0. The van der Waals surface area contributed by atoms with Gasteiger partial charge in [-0.1, -0.05) is 35.4 Å². The summed E-state index contributed by atoms with van der Waals surface area (Å²) in [4.78, 5) is 12.6. The van der Waals surface area contributed by atoms with Crippen LogP contribution in [0.2, 0.25) is 10.0 Å². The Morgan fingerprint density at radius 1 is 0.730 bits per heavy atom. The monoisotopic (exact) mass is 543 g/mol. The summed E-state index contributed by atoms with van der Waals surface area (Å²) in [7, 11) is 7.71. The van der Waals surface area contributed by atoms with Crippen molar-refractivity contribution in [3.63, 3.8) is 0 Å². The van der Waals surface area contributed by atoms with E-state index in [2.05, 4.69) is 5.32 Å². The second-order valence-corrected chi connectivity index (χ2v) is 8.37. The number of carbonyl (C=O) groups is 1. The van der Waals surface area contributed by atoms with E-state index in [9.17, 15) is 4.79 Å². The standard InChI is InChI=1S/C28H27Cl2NO6/c1-33-24-9-8-19(15-20(24)29)23(32)10-11-31-22-16-25(34-2)21(30)14-18(22)7-6-17-12-26(35-3)28(37-5)27(13-17)36-4/h6-16,31H,1-5H3. The number of ketones is 1. The van der Waals surface area contributed by atoms with Crippen molar-refractivity contribution in [1.29, 1.82) is 0 Å². The lowest BCUT2D eigenvalue weighted by atomic mass is 10.1. The second kappa shape index (κ2) is 12.9. The molecule has 0 aliphatic carbocycles. The first-order valence-electron chi connectivity index (χ1n) is 11.0. The van der Waals surface area contributed by atoms with Gasteiger partial charge >= 0.3 is 0 Å². The molecule has 0 heterocycles. The van der Waals surface area contributed by atoms with Gasteiger partial charge in [0, 0.05) is 29.6 Å². The minimum absolute atomic E-state index is 0.229. The highest BCUT2D eigenvalue weighted by atomic mass is 35.5. The number of ether oxygens (including phenoxy) is 5. The summed E-state index contributed by atoms with van der Waals surface area (Å²) in [5.74, 6) is 2.32. The van der Waals surface area contributed by atoms with E-state index in [1.165, 1.54) is 20.3 Å². The van der Waals surface area contributed by atoms with Crippen LogP contribution in [0, 0.1) is 0 Å². The molecule has 0 saturated carbocycles. The molecule has 0 aliphatic heterocycles. The van der Waals surface area contributed by atoms with E-state index in [-0.39, 0.29) is 5.78 Å². The van der Waals surface area contributed by atoms with Crippen LogP contribution in [-0.2, 0) is 0 Å². The van der Waals surface area contributed by atoms with Gasteiger partial charge < -0.3 is 29.0 Å². The molecule has 0 aliphatic rings. The van der Waals surface area contributed by atoms with Crippen molar-refractivity contribution in [2.75, 3.05) is 40.9 Å². The number of methoxy groups -OCH3 is 5. The fraction of sp³-hybridized carbons (Fsp3) is 0.179. The molecule has 3 aromatic rings. The Hall–Kier alpha value is -3.81. The number of carbonyl (C=O) groups excluding carboxylic acids is 1. The van der Waals surface area contributed by atoms with Crippen LogP contribution in [0.4, 0.5) is 5.69 Å². The molecular weight excluding hydrogens is 517 g/mol. The molecule has 3 aromatic carbocycles. The first-order chi connectivity index (χ1) is 17.8. The zero-order valence-electron chi connectivity index (χ0n) is 21.1. The molecule has 7 nitrogen and oxygen atoms in total. The molecular formula is C28H27Cl2NO6.